The molecule has 0 aromatic carbocycles. The summed E-state index contributed by atoms with van der Waals surface area (Å²) in [5, 5.41) is 27.3. The molecular formula is C23H40O4. The molecule has 3 atom stereocenters. The summed E-state index contributed by atoms with van der Waals surface area (Å²) >= 11 is 0. The van der Waals surface area contributed by atoms with Gasteiger partial charge in [-0.05, 0) is 56.3 Å². The molecule has 3 N–H and O–H groups in total. The van der Waals surface area contributed by atoms with E-state index >= 15 is 0 Å². The SMILES string of the molecule is C=C[C@@H](CC=C[C@H]1CCC[C@@H]1CCCCCC(O)(O)C(=O)O)CCCCC. The van der Waals surface area contributed by atoms with Crippen molar-refractivity contribution < 1.29 is 20.1 Å². The number of unbranched alkanes of at least 4 members (excludes halogenated alkanes) is 4. The number of aliphatic carboxylic acids is 1. The van der Waals surface area contributed by atoms with E-state index in [0.29, 0.717) is 18.3 Å². The minimum Gasteiger partial charge on any atom is -0.477 e. The molecule has 0 radical (unpaired) electrons. The Morgan fingerprint density at radius 3 is 2.63 bits per heavy atom. The molecule has 4 nitrogen and oxygen atoms in total. The van der Waals surface area contributed by atoms with E-state index in [1.807, 2.05) is 0 Å². The third-order valence-corrected chi connectivity index (χ3v) is 5.99. The number of hydrogen-bond acceptors (Lipinski definition) is 3. The summed E-state index contributed by atoms with van der Waals surface area (Å²) in [7, 11) is 0. The molecule has 1 aliphatic rings. The highest BCUT2D eigenvalue weighted by Crippen LogP contribution is 2.36. The summed E-state index contributed by atoms with van der Waals surface area (Å²) in [6.45, 7) is 6.22. The number of carboxylic acid groups (broad SMARTS) is 1. The molecule has 156 valence electrons. The highest BCUT2D eigenvalue weighted by Gasteiger charge is 2.32. The minimum atomic E-state index is -2.57. The van der Waals surface area contributed by atoms with Gasteiger partial charge in [0.05, 0.1) is 0 Å². The lowest BCUT2D eigenvalue weighted by Crippen LogP contribution is -2.37. The second-order valence-electron chi connectivity index (χ2n) is 8.23. The number of allylic oxidation sites excluding steroid dienone is 3. The van der Waals surface area contributed by atoms with E-state index in [1.165, 1.54) is 44.9 Å². The number of carbonyl (C=O) groups is 1. The molecule has 0 aliphatic heterocycles. The van der Waals surface area contributed by atoms with Crippen molar-refractivity contribution in [3.8, 4) is 0 Å². The number of hydrogen-bond donors (Lipinski definition) is 3. The largest absolute Gasteiger partial charge is 0.477 e. The molecule has 4 heteroatoms. The first-order chi connectivity index (χ1) is 12.9. The van der Waals surface area contributed by atoms with Crippen LogP contribution in [0.1, 0.15) is 90.4 Å². The van der Waals surface area contributed by atoms with Crippen molar-refractivity contribution in [2.75, 3.05) is 0 Å². The second kappa shape index (κ2) is 13.1. The number of carboxylic acids is 1. The maximum atomic E-state index is 10.7. The van der Waals surface area contributed by atoms with Crippen molar-refractivity contribution in [2.45, 2.75) is 96.2 Å². The van der Waals surface area contributed by atoms with Crippen LogP contribution in [-0.4, -0.2) is 27.1 Å². The molecule has 1 rings (SSSR count). The van der Waals surface area contributed by atoms with Gasteiger partial charge in [-0.2, -0.15) is 0 Å². The lowest BCUT2D eigenvalue weighted by atomic mass is 9.89. The van der Waals surface area contributed by atoms with Crippen LogP contribution in [0.5, 0.6) is 0 Å². The van der Waals surface area contributed by atoms with Gasteiger partial charge in [-0.1, -0.05) is 63.7 Å². The van der Waals surface area contributed by atoms with Crippen molar-refractivity contribution in [2.24, 2.45) is 17.8 Å². The summed E-state index contributed by atoms with van der Waals surface area (Å²) in [6.07, 6.45) is 20.4. The van der Waals surface area contributed by atoms with Crippen LogP contribution in [0.3, 0.4) is 0 Å². The fraction of sp³-hybridized carbons (Fsp3) is 0.783. The van der Waals surface area contributed by atoms with Crippen LogP contribution < -0.4 is 0 Å². The quantitative estimate of drug-likeness (QED) is 0.201. The van der Waals surface area contributed by atoms with Gasteiger partial charge in [0.2, 0.25) is 0 Å². The summed E-state index contributed by atoms with van der Waals surface area (Å²) in [6, 6.07) is 0. The van der Waals surface area contributed by atoms with Gasteiger partial charge >= 0.3 is 5.97 Å². The van der Waals surface area contributed by atoms with E-state index in [4.69, 9.17) is 5.11 Å². The second-order valence-corrected chi connectivity index (χ2v) is 8.23. The van der Waals surface area contributed by atoms with Crippen LogP contribution in [0.15, 0.2) is 24.8 Å². The molecule has 1 fully saturated rings. The maximum absolute atomic E-state index is 10.7. The molecule has 0 unspecified atom stereocenters. The van der Waals surface area contributed by atoms with Gasteiger partial charge < -0.3 is 15.3 Å². The molecular weight excluding hydrogens is 340 g/mol. The topological polar surface area (TPSA) is 77.8 Å². The number of rotatable bonds is 15. The van der Waals surface area contributed by atoms with Gasteiger partial charge in [0.25, 0.3) is 5.79 Å². The van der Waals surface area contributed by atoms with Gasteiger partial charge in [0, 0.05) is 6.42 Å². The molecule has 0 amide bonds. The summed E-state index contributed by atoms with van der Waals surface area (Å²) in [5.41, 5.74) is 0. The molecule has 1 aliphatic carbocycles. The van der Waals surface area contributed by atoms with Crippen LogP contribution in [-0.2, 0) is 4.79 Å². The normalized spacial score (nSPS) is 21.6. The van der Waals surface area contributed by atoms with Crippen molar-refractivity contribution in [3.05, 3.63) is 24.8 Å². The van der Waals surface area contributed by atoms with E-state index in [2.05, 4.69) is 31.7 Å². The van der Waals surface area contributed by atoms with Crippen LogP contribution in [0.2, 0.25) is 0 Å². The van der Waals surface area contributed by atoms with E-state index in [0.717, 1.165) is 31.6 Å². The highest BCUT2D eigenvalue weighted by molar-refractivity contribution is 5.74. The van der Waals surface area contributed by atoms with Crippen LogP contribution in [0, 0.1) is 17.8 Å². The molecule has 0 bridgehead atoms. The molecule has 0 aromatic heterocycles. The zero-order chi connectivity index (χ0) is 20.1. The van der Waals surface area contributed by atoms with Crippen LogP contribution in [0.25, 0.3) is 0 Å². The van der Waals surface area contributed by atoms with E-state index in [9.17, 15) is 15.0 Å². The Bertz CT molecular complexity index is 455. The van der Waals surface area contributed by atoms with Crippen molar-refractivity contribution >= 4 is 5.97 Å². The predicted molar refractivity (Wildman–Crippen MR) is 110 cm³/mol. The molecule has 0 heterocycles. The van der Waals surface area contributed by atoms with Gasteiger partial charge in [0.1, 0.15) is 0 Å². The zero-order valence-corrected chi connectivity index (χ0v) is 17.1. The van der Waals surface area contributed by atoms with Crippen molar-refractivity contribution in [1.82, 2.24) is 0 Å². The number of aliphatic hydroxyl groups is 2. The first-order valence-electron chi connectivity index (χ1n) is 10.9. The summed E-state index contributed by atoms with van der Waals surface area (Å²) < 4.78 is 0. The average molecular weight is 381 g/mol. The van der Waals surface area contributed by atoms with E-state index < -0.39 is 11.8 Å². The smallest absolute Gasteiger partial charge is 0.364 e. The predicted octanol–water partition coefficient (Wildman–Crippen LogP) is 5.45. The Morgan fingerprint density at radius 2 is 1.96 bits per heavy atom. The molecule has 27 heavy (non-hydrogen) atoms. The molecule has 0 spiro atoms. The lowest BCUT2D eigenvalue weighted by Gasteiger charge is -2.18. The van der Waals surface area contributed by atoms with Crippen molar-refractivity contribution in [1.29, 1.82) is 0 Å². The zero-order valence-electron chi connectivity index (χ0n) is 17.1. The van der Waals surface area contributed by atoms with Crippen LogP contribution >= 0.6 is 0 Å². The minimum absolute atomic E-state index is 0.0999. The van der Waals surface area contributed by atoms with Crippen molar-refractivity contribution in [3.63, 3.8) is 0 Å². The summed E-state index contributed by atoms with van der Waals surface area (Å²) in [4.78, 5) is 10.7. The Balaban J connectivity index is 2.26. The Morgan fingerprint density at radius 1 is 1.19 bits per heavy atom. The standard InChI is InChI=1S/C23H40O4/c1-3-5-7-12-19(4-2)13-10-15-21-17-11-16-20(21)14-8-6-9-18-23(26,27)22(24)25/h4,10,15,19-21,26-27H,2-3,5-9,11-14,16-18H2,1H3,(H,24,25)/t19-,20+,21+/m1/s1. The Hall–Kier alpha value is -1.13. The third-order valence-electron chi connectivity index (χ3n) is 5.99. The molecule has 0 aromatic rings. The Labute approximate surface area is 165 Å². The molecule has 0 saturated heterocycles. The monoisotopic (exact) mass is 380 g/mol. The van der Waals surface area contributed by atoms with Gasteiger partial charge in [-0.3, -0.25) is 0 Å². The van der Waals surface area contributed by atoms with Crippen LogP contribution in [0.4, 0.5) is 0 Å². The van der Waals surface area contributed by atoms with Gasteiger partial charge in [0.15, 0.2) is 0 Å². The lowest BCUT2D eigenvalue weighted by molar-refractivity contribution is -0.205. The summed E-state index contributed by atoms with van der Waals surface area (Å²) in [5.74, 6) is -2.15. The first-order valence-corrected chi connectivity index (χ1v) is 10.9. The van der Waals surface area contributed by atoms with E-state index in [1.54, 1.807) is 0 Å². The molecule has 1 saturated carbocycles. The fourth-order valence-electron chi connectivity index (χ4n) is 4.16. The highest BCUT2D eigenvalue weighted by atomic mass is 16.5. The Kier molecular flexibility index (Phi) is 11.6. The van der Waals surface area contributed by atoms with Gasteiger partial charge in [-0.25, -0.2) is 4.79 Å². The van der Waals surface area contributed by atoms with E-state index in [-0.39, 0.29) is 6.42 Å². The maximum Gasteiger partial charge on any atom is 0.364 e. The first kappa shape index (κ1) is 23.9. The fourth-order valence-corrected chi connectivity index (χ4v) is 4.16. The third kappa shape index (κ3) is 9.57. The van der Waals surface area contributed by atoms with Gasteiger partial charge in [-0.15, -0.1) is 6.58 Å². The average Bonchev–Trinajstić information content (AvgIpc) is 3.07.